The number of nitrogens with zero attached hydrogens (tertiary/aromatic N) is 2. The maximum atomic E-state index is 13.3. The molecule has 1 heterocycles. The molecular formula is C10H15F2N3. The van der Waals surface area contributed by atoms with E-state index >= 15 is 0 Å². The molecule has 0 saturated heterocycles. The number of aryl methyl sites for hydroxylation is 1. The monoisotopic (exact) mass is 215 g/mol. The number of nitrogens with two attached hydrogens (primary N) is 1. The van der Waals surface area contributed by atoms with Gasteiger partial charge in [0.1, 0.15) is 5.82 Å². The molecule has 1 aliphatic rings. The number of hydrogen-bond donors (Lipinski definition) is 1. The second kappa shape index (κ2) is 3.47. The van der Waals surface area contributed by atoms with Crippen LogP contribution >= 0.6 is 0 Å². The summed E-state index contributed by atoms with van der Waals surface area (Å²) in [6.45, 7) is 2.09. The van der Waals surface area contributed by atoms with Crippen LogP contribution in [0.4, 0.5) is 14.6 Å². The number of rotatable bonds is 2. The predicted molar refractivity (Wildman–Crippen MR) is 53.7 cm³/mol. The Labute approximate surface area is 87.3 Å². The smallest absolute Gasteiger partial charge is 0.252 e. The van der Waals surface area contributed by atoms with Gasteiger partial charge in [-0.3, -0.25) is 4.68 Å². The van der Waals surface area contributed by atoms with E-state index in [0.29, 0.717) is 18.7 Å². The normalized spacial score (nSPS) is 24.6. The van der Waals surface area contributed by atoms with E-state index in [1.165, 1.54) is 4.68 Å². The van der Waals surface area contributed by atoms with Crippen LogP contribution in [0.3, 0.4) is 0 Å². The number of halogens is 2. The summed E-state index contributed by atoms with van der Waals surface area (Å²) in [6.07, 6.45) is 2.91. The summed E-state index contributed by atoms with van der Waals surface area (Å²) in [7, 11) is 0. The maximum Gasteiger partial charge on any atom is 0.252 e. The molecule has 2 N–H and O–H groups in total. The summed E-state index contributed by atoms with van der Waals surface area (Å²) in [6, 6.07) is 0. The number of anilines is 1. The minimum Gasteiger partial charge on any atom is -0.382 e. The first-order valence-corrected chi connectivity index (χ1v) is 5.16. The van der Waals surface area contributed by atoms with Crippen molar-refractivity contribution < 1.29 is 8.78 Å². The zero-order valence-electron chi connectivity index (χ0n) is 8.71. The van der Waals surface area contributed by atoms with Crippen LogP contribution in [0.2, 0.25) is 0 Å². The molecule has 0 amide bonds. The van der Waals surface area contributed by atoms with Crippen LogP contribution in [0, 0.1) is 12.8 Å². The van der Waals surface area contributed by atoms with E-state index in [2.05, 4.69) is 5.10 Å². The number of hydrogen-bond acceptors (Lipinski definition) is 2. The average molecular weight is 215 g/mol. The summed E-state index contributed by atoms with van der Waals surface area (Å²) in [5, 5.41) is 4.00. The summed E-state index contributed by atoms with van der Waals surface area (Å²) < 4.78 is 28.2. The van der Waals surface area contributed by atoms with E-state index in [4.69, 9.17) is 5.73 Å². The molecule has 0 aliphatic heterocycles. The lowest BCUT2D eigenvalue weighted by Gasteiger charge is -2.18. The number of nitrogen functional groups attached to an aromatic ring is 1. The Morgan fingerprint density at radius 3 is 2.87 bits per heavy atom. The molecule has 1 aliphatic carbocycles. The van der Waals surface area contributed by atoms with Gasteiger partial charge in [-0.05, 0) is 19.8 Å². The van der Waals surface area contributed by atoms with Crippen LogP contribution in [-0.2, 0) is 6.54 Å². The van der Waals surface area contributed by atoms with Gasteiger partial charge in [-0.25, -0.2) is 8.78 Å². The van der Waals surface area contributed by atoms with Crippen LogP contribution in [-0.4, -0.2) is 15.7 Å². The molecule has 15 heavy (non-hydrogen) atoms. The zero-order chi connectivity index (χ0) is 11.1. The van der Waals surface area contributed by atoms with Crippen molar-refractivity contribution in [2.24, 2.45) is 5.92 Å². The van der Waals surface area contributed by atoms with E-state index in [1.807, 2.05) is 6.92 Å². The Bertz CT molecular complexity index is 340. The molecule has 0 aromatic carbocycles. The maximum absolute atomic E-state index is 13.3. The third kappa shape index (κ3) is 1.96. The van der Waals surface area contributed by atoms with E-state index in [0.717, 1.165) is 5.56 Å². The molecule has 0 bridgehead atoms. The highest BCUT2D eigenvalue weighted by Gasteiger charge is 2.43. The van der Waals surface area contributed by atoms with Gasteiger partial charge in [0.05, 0.1) is 0 Å². The molecule has 1 aromatic rings. The van der Waals surface area contributed by atoms with Gasteiger partial charge in [0, 0.05) is 30.6 Å². The highest BCUT2D eigenvalue weighted by atomic mass is 19.3. The third-order valence-electron chi connectivity index (χ3n) is 3.05. The van der Waals surface area contributed by atoms with Crippen molar-refractivity contribution in [1.82, 2.24) is 9.78 Å². The van der Waals surface area contributed by atoms with Gasteiger partial charge in [-0.1, -0.05) is 0 Å². The molecule has 5 heteroatoms. The summed E-state index contributed by atoms with van der Waals surface area (Å²) >= 11 is 0. The van der Waals surface area contributed by atoms with Gasteiger partial charge in [0.15, 0.2) is 0 Å². The van der Waals surface area contributed by atoms with Gasteiger partial charge in [-0.2, -0.15) is 5.10 Å². The van der Waals surface area contributed by atoms with Gasteiger partial charge in [-0.15, -0.1) is 0 Å². The summed E-state index contributed by atoms with van der Waals surface area (Å²) in [5.41, 5.74) is 6.41. The SMILES string of the molecule is Cc1cn(CC2CCCC2(F)F)nc1N. The standard InChI is InChI=1S/C10H15F2N3/c1-7-5-15(14-9(7)13)6-8-3-2-4-10(8,11)12/h5,8H,2-4,6H2,1H3,(H2,13,14). The topological polar surface area (TPSA) is 43.8 Å². The summed E-state index contributed by atoms with van der Waals surface area (Å²) in [4.78, 5) is 0. The van der Waals surface area contributed by atoms with Gasteiger partial charge in [0.2, 0.25) is 0 Å². The van der Waals surface area contributed by atoms with Gasteiger partial charge < -0.3 is 5.73 Å². The molecular weight excluding hydrogens is 200 g/mol. The van der Waals surface area contributed by atoms with Crippen molar-refractivity contribution >= 4 is 5.82 Å². The van der Waals surface area contributed by atoms with Crippen LogP contribution in [0.15, 0.2) is 6.20 Å². The van der Waals surface area contributed by atoms with Crippen molar-refractivity contribution in [1.29, 1.82) is 0 Å². The van der Waals surface area contributed by atoms with Crippen molar-refractivity contribution in [2.45, 2.75) is 38.7 Å². The lowest BCUT2D eigenvalue weighted by atomic mass is 10.1. The fourth-order valence-corrected chi connectivity index (χ4v) is 2.08. The molecule has 1 unspecified atom stereocenters. The van der Waals surface area contributed by atoms with Crippen molar-refractivity contribution in [3.05, 3.63) is 11.8 Å². The highest BCUT2D eigenvalue weighted by molar-refractivity contribution is 5.35. The number of aromatic nitrogens is 2. The minimum atomic E-state index is -2.53. The van der Waals surface area contributed by atoms with Crippen LogP contribution < -0.4 is 5.73 Å². The molecule has 1 saturated carbocycles. The first-order valence-electron chi connectivity index (χ1n) is 5.16. The zero-order valence-corrected chi connectivity index (χ0v) is 8.71. The van der Waals surface area contributed by atoms with Crippen LogP contribution in [0.1, 0.15) is 24.8 Å². The Balaban J connectivity index is 2.09. The predicted octanol–water partition coefficient (Wildman–Crippen LogP) is 2.21. The van der Waals surface area contributed by atoms with Gasteiger partial charge >= 0.3 is 0 Å². The Morgan fingerprint density at radius 2 is 2.40 bits per heavy atom. The first kappa shape index (κ1) is 10.4. The Hall–Kier alpha value is -1.13. The molecule has 1 atom stereocenters. The molecule has 1 fully saturated rings. The summed E-state index contributed by atoms with van der Waals surface area (Å²) in [5.74, 6) is -2.69. The molecule has 84 valence electrons. The fourth-order valence-electron chi connectivity index (χ4n) is 2.08. The molecule has 0 radical (unpaired) electrons. The van der Waals surface area contributed by atoms with E-state index in [9.17, 15) is 8.78 Å². The quantitative estimate of drug-likeness (QED) is 0.822. The van der Waals surface area contributed by atoms with E-state index < -0.39 is 11.8 Å². The molecule has 1 aromatic heterocycles. The third-order valence-corrected chi connectivity index (χ3v) is 3.05. The Kier molecular flexibility index (Phi) is 2.40. The lowest BCUT2D eigenvalue weighted by molar-refractivity contribution is -0.0432. The lowest BCUT2D eigenvalue weighted by Crippen LogP contribution is -2.26. The van der Waals surface area contributed by atoms with Crippen molar-refractivity contribution in [3.8, 4) is 0 Å². The molecule has 0 spiro atoms. The largest absolute Gasteiger partial charge is 0.382 e. The van der Waals surface area contributed by atoms with Crippen LogP contribution in [0.25, 0.3) is 0 Å². The molecule has 3 nitrogen and oxygen atoms in total. The second-order valence-corrected chi connectivity index (χ2v) is 4.27. The fraction of sp³-hybridized carbons (Fsp3) is 0.700. The first-order chi connectivity index (χ1) is 6.99. The molecule has 2 rings (SSSR count). The average Bonchev–Trinajstić information content (AvgIpc) is 2.59. The van der Waals surface area contributed by atoms with Crippen molar-refractivity contribution in [3.63, 3.8) is 0 Å². The second-order valence-electron chi connectivity index (χ2n) is 4.27. The van der Waals surface area contributed by atoms with Gasteiger partial charge in [0.25, 0.3) is 5.92 Å². The van der Waals surface area contributed by atoms with E-state index in [-0.39, 0.29) is 13.0 Å². The Morgan fingerprint density at radius 1 is 1.67 bits per heavy atom. The minimum absolute atomic E-state index is 0.00734. The van der Waals surface area contributed by atoms with Crippen molar-refractivity contribution in [2.75, 3.05) is 5.73 Å². The van der Waals surface area contributed by atoms with Crippen LogP contribution in [0.5, 0.6) is 0 Å². The number of alkyl halides is 2. The van der Waals surface area contributed by atoms with E-state index in [1.54, 1.807) is 6.20 Å². The highest BCUT2D eigenvalue weighted by Crippen LogP contribution is 2.41.